The first-order valence-corrected chi connectivity index (χ1v) is 7.27. The summed E-state index contributed by atoms with van der Waals surface area (Å²) in [5, 5.41) is 0. The minimum absolute atomic E-state index is 0.00669. The number of carbonyl (C=O) groups excluding carboxylic acids is 1. The standard InChI is InChI=1S/C17H22N2O2/c1-13-16(9-11-21-13)17(20)19(2)12-15-7-4-3-6-14(15)8-5-10-18/h3-4,6-7,13,16H,9-12,18H2,1-2H3. The summed E-state index contributed by atoms with van der Waals surface area (Å²) in [6, 6.07) is 7.86. The number of nitrogens with zero attached hydrogens (tertiary/aromatic N) is 1. The van der Waals surface area contributed by atoms with Crippen LogP contribution in [0.1, 0.15) is 24.5 Å². The summed E-state index contributed by atoms with van der Waals surface area (Å²) in [5.74, 6) is 6.03. The lowest BCUT2D eigenvalue weighted by atomic mass is 10.0. The first kappa shape index (κ1) is 15.6. The van der Waals surface area contributed by atoms with Gasteiger partial charge in [0.2, 0.25) is 5.91 Å². The quantitative estimate of drug-likeness (QED) is 0.854. The van der Waals surface area contributed by atoms with Gasteiger partial charge < -0.3 is 15.4 Å². The van der Waals surface area contributed by atoms with Crippen LogP contribution in [-0.4, -0.2) is 37.1 Å². The van der Waals surface area contributed by atoms with E-state index >= 15 is 0 Å². The molecular weight excluding hydrogens is 264 g/mol. The lowest BCUT2D eigenvalue weighted by molar-refractivity contribution is -0.136. The third kappa shape index (κ3) is 3.84. The van der Waals surface area contributed by atoms with Crippen molar-refractivity contribution in [2.75, 3.05) is 20.2 Å². The number of rotatable bonds is 3. The minimum atomic E-state index is -0.0303. The van der Waals surface area contributed by atoms with Gasteiger partial charge in [-0.3, -0.25) is 4.79 Å². The molecule has 0 bridgehead atoms. The van der Waals surface area contributed by atoms with Crippen molar-refractivity contribution in [3.8, 4) is 11.8 Å². The Morgan fingerprint density at radius 2 is 2.24 bits per heavy atom. The van der Waals surface area contributed by atoms with Gasteiger partial charge in [-0.1, -0.05) is 30.0 Å². The SMILES string of the molecule is CC1OCCC1C(=O)N(C)Cc1ccccc1C#CCN. The van der Waals surface area contributed by atoms with Crippen molar-refractivity contribution >= 4 is 5.91 Å². The average Bonchev–Trinajstić information content (AvgIpc) is 2.91. The van der Waals surface area contributed by atoms with Gasteiger partial charge in [-0.15, -0.1) is 0 Å². The Hall–Kier alpha value is -1.83. The second-order valence-corrected chi connectivity index (χ2v) is 5.33. The van der Waals surface area contributed by atoms with Crippen molar-refractivity contribution in [1.29, 1.82) is 0 Å². The molecule has 1 aliphatic rings. The van der Waals surface area contributed by atoms with Gasteiger partial charge in [0, 0.05) is 25.8 Å². The molecule has 21 heavy (non-hydrogen) atoms. The maximum atomic E-state index is 12.5. The summed E-state index contributed by atoms with van der Waals surface area (Å²) in [6.07, 6.45) is 0.811. The van der Waals surface area contributed by atoms with Crippen LogP contribution in [-0.2, 0) is 16.1 Å². The van der Waals surface area contributed by atoms with Crippen LogP contribution in [0.25, 0.3) is 0 Å². The normalized spacial score (nSPS) is 20.7. The first-order valence-electron chi connectivity index (χ1n) is 7.27. The highest BCUT2D eigenvalue weighted by atomic mass is 16.5. The molecule has 0 spiro atoms. The molecule has 1 heterocycles. The molecule has 1 amide bonds. The maximum Gasteiger partial charge on any atom is 0.228 e. The molecule has 2 atom stereocenters. The van der Waals surface area contributed by atoms with E-state index < -0.39 is 0 Å². The first-order chi connectivity index (χ1) is 10.1. The largest absolute Gasteiger partial charge is 0.378 e. The number of carbonyl (C=O) groups is 1. The van der Waals surface area contributed by atoms with Crippen LogP contribution >= 0.6 is 0 Å². The highest BCUT2D eigenvalue weighted by Crippen LogP contribution is 2.23. The van der Waals surface area contributed by atoms with E-state index in [9.17, 15) is 4.79 Å². The van der Waals surface area contributed by atoms with Gasteiger partial charge in [0.15, 0.2) is 0 Å². The predicted octanol–water partition coefficient (Wildman–Crippen LogP) is 1.38. The highest BCUT2D eigenvalue weighted by molar-refractivity contribution is 5.79. The van der Waals surface area contributed by atoms with Crippen LogP contribution in [0.2, 0.25) is 0 Å². The molecule has 0 radical (unpaired) electrons. The van der Waals surface area contributed by atoms with Gasteiger partial charge in [-0.05, 0) is 25.0 Å². The van der Waals surface area contributed by atoms with Gasteiger partial charge in [0.1, 0.15) is 0 Å². The molecule has 4 heteroatoms. The average molecular weight is 286 g/mol. The number of hydrogen-bond acceptors (Lipinski definition) is 3. The Bertz CT molecular complexity index is 559. The van der Waals surface area contributed by atoms with E-state index in [2.05, 4.69) is 11.8 Å². The Morgan fingerprint density at radius 3 is 2.90 bits per heavy atom. The van der Waals surface area contributed by atoms with Crippen molar-refractivity contribution in [3.63, 3.8) is 0 Å². The van der Waals surface area contributed by atoms with Gasteiger partial charge in [-0.2, -0.15) is 0 Å². The molecule has 2 unspecified atom stereocenters. The fourth-order valence-electron chi connectivity index (χ4n) is 2.60. The molecular formula is C17H22N2O2. The monoisotopic (exact) mass is 286 g/mol. The molecule has 1 fully saturated rings. The molecule has 1 saturated heterocycles. The van der Waals surface area contributed by atoms with Crippen LogP contribution in [0.3, 0.4) is 0 Å². The summed E-state index contributed by atoms with van der Waals surface area (Å²) in [6.45, 7) is 3.52. The van der Waals surface area contributed by atoms with Gasteiger partial charge in [0.25, 0.3) is 0 Å². The van der Waals surface area contributed by atoms with Crippen LogP contribution < -0.4 is 5.73 Å². The lowest BCUT2D eigenvalue weighted by Gasteiger charge is -2.23. The van der Waals surface area contributed by atoms with Crippen LogP contribution in [0.5, 0.6) is 0 Å². The fourth-order valence-corrected chi connectivity index (χ4v) is 2.60. The van der Waals surface area contributed by atoms with E-state index in [0.717, 1.165) is 17.5 Å². The molecule has 2 rings (SSSR count). The topological polar surface area (TPSA) is 55.6 Å². The van der Waals surface area contributed by atoms with Crippen molar-refractivity contribution in [2.45, 2.75) is 26.0 Å². The predicted molar refractivity (Wildman–Crippen MR) is 82.4 cm³/mol. The van der Waals surface area contributed by atoms with E-state index in [1.54, 1.807) is 4.90 Å². The second-order valence-electron chi connectivity index (χ2n) is 5.33. The van der Waals surface area contributed by atoms with Crippen molar-refractivity contribution in [3.05, 3.63) is 35.4 Å². The zero-order valence-electron chi connectivity index (χ0n) is 12.6. The molecule has 1 aliphatic heterocycles. The number of hydrogen-bond donors (Lipinski definition) is 1. The van der Waals surface area contributed by atoms with Gasteiger partial charge >= 0.3 is 0 Å². The zero-order chi connectivity index (χ0) is 15.2. The second kappa shape index (κ2) is 7.26. The van der Waals surface area contributed by atoms with E-state index in [0.29, 0.717) is 19.7 Å². The molecule has 2 N–H and O–H groups in total. The molecule has 1 aromatic carbocycles. The van der Waals surface area contributed by atoms with E-state index in [-0.39, 0.29) is 17.9 Å². The summed E-state index contributed by atoms with van der Waals surface area (Å²) in [7, 11) is 1.83. The number of nitrogens with two attached hydrogens (primary N) is 1. The maximum absolute atomic E-state index is 12.5. The molecule has 112 valence electrons. The molecule has 0 aromatic heterocycles. The smallest absolute Gasteiger partial charge is 0.228 e. The van der Waals surface area contributed by atoms with Gasteiger partial charge in [0.05, 0.1) is 18.6 Å². The zero-order valence-corrected chi connectivity index (χ0v) is 12.6. The number of benzene rings is 1. The van der Waals surface area contributed by atoms with Gasteiger partial charge in [-0.25, -0.2) is 0 Å². The Morgan fingerprint density at radius 1 is 1.48 bits per heavy atom. The molecule has 4 nitrogen and oxygen atoms in total. The lowest BCUT2D eigenvalue weighted by Crippen LogP contribution is -2.35. The van der Waals surface area contributed by atoms with E-state index in [1.807, 2.05) is 38.2 Å². The van der Waals surface area contributed by atoms with E-state index in [4.69, 9.17) is 10.5 Å². The minimum Gasteiger partial charge on any atom is -0.378 e. The third-order valence-electron chi connectivity index (χ3n) is 3.82. The highest BCUT2D eigenvalue weighted by Gasteiger charge is 2.32. The summed E-state index contributed by atoms with van der Waals surface area (Å²) < 4.78 is 5.48. The summed E-state index contributed by atoms with van der Waals surface area (Å²) >= 11 is 0. The summed E-state index contributed by atoms with van der Waals surface area (Å²) in [4.78, 5) is 14.2. The van der Waals surface area contributed by atoms with Crippen molar-refractivity contribution in [1.82, 2.24) is 4.90 Å². The Kier molecular flexibility index (Phi) is 5.38. The Balaban J connectivity index is 2.09. The summed E-state index contributed by atoms with van der Waals surface area (Å²) in [5.41, 5.74) is 7.39. The van der Waals surface area contributed by atoms with E-state index in [1.165, 1.54) is 0 Å². The van der Waals surface area contributed by atoms with Crippen molar-refractivity contribution in [2.24, 2.45) is 11.7 Å². The Labute approximate surface area is 126 Å². The van der Waals surface area contributed by atoms with Crippen LogP contribution in [0, 0.1) is 17.8 Å². The molecule has 0 aliphatic carbocycles. The molecule has 1 aromatic rings. The van der Waals surface area contributed by atoms with Crippen LogP contribution in [0.15, 0.2) is 24.3 Å². The van der Waals surface area contributed by atoms with Crippen molar-refractivity contribution < 1.29 is 9.53 Å². The molecule has 0 saturated carbocycles. The number of ether oxygens (including phenoxy) is 1. The number of amides is 1. The third-order valence-corrected chi connectivity index (χ3v) is 3.82. The van der Waals surface area contributed by atoms with Crippen LogP contribution in [0.4, 0.5) is 0 Å². The fraction of sp³-hybridized carbons (Fsp3) is 0.471.